The summed E-state index contributed by atoms with van der Waals surface area (Å²) in [5.74, 6) is 1.30. The molecule has 72 valence electrons. The second kappa shape index (κ2) is 4.02. The Balaban J connectivity index is 2.25. The van der Waals surface area contributed by atoms with Crippen molar-refractivity contribution in [3.05, 3.63) is 36.2 Å². The Morgan fingerprint density at radius 3 is 2.71 bits per heavy atom. The maximum Gasteiger partial charge on any atom is 0.232 e. The van der Waals surface area contributed by atoms with Crippen molar-refractivity contribution in [2.75, 3.05) is 6.54 Å². The molecule has 14 heavy (non-hydrogen) atoms. The molecule has 1 heterocycles. The zero-order chi connectivity index (χ0) is 9.80. The van der Waals surface area contributed by atoms with Crippen molar-refractivity contribution in [2.24, 2.45) is 0 Å². The lowest BCUT2D eigenvalue weighted by Gasteiger charge is -1.90. The minimum absolute atomic E-state index is 0.647. The molecule has 0 saturated heterocycles. The van der Waals surface area contributed by atoms with Gasteiger partial charge in [-0.05, 0) is 0 Å². The third-order valence-electron chi connectivity index (χ3n) is 1.89. The number of benzene rings is 1. The predicted molar refractivity (Wildman–Crippen MR) is 51.2 cm³/mol. The summed E-state index contributed by atoms with van der Waals surface area (Å²) in [5, 5.41) is 3.89. The number of rotatable bonds is 3. The van der Waals surface area contributed by atoms with Gasteiger partial charge in [0.05, 0.1) is 13.0 Å². The summed E-state index contributed by atoms with van der Waals surface area (Å²) < 4.78 is 5.06. The van der Waals surface area contributed by atoms with Gasteiger partial charge in [0.25, 0.3) is 0 Å². The largest absolute Gasteiger partial charge is 0.357 e. The van der Waals surface area contributed by atoms with Crippen LogP contribution in [0.4, 0.5) is 0 Å². The molecule has 4 nitrogen and oxygen atoms in total. The van der Waals surface area contributed by atoms with Crippen LogP contribution in [-0.2, 0) is 6.42 Å². The van der Waals surface area contributed by atoms with Gasteiger partial charge in [0.1, 0.15) is 0 Å². The van der Waals surface area contributed by atoms with Crippen LogP contribution in [0.1, 0.15) is 5.89 Å². The summed E-state index contributed by atoms with van der Waals surface area (Å²) in [5.41, 5.74) is 4.71. The SMILES string of the molecule is [NH3+]CCc1nc(-c2ccccc2)no1. The van der Waals surface area contributed by atoms with Gasteiger partial charge < -0.3 is 10.3 Å². The molecule has 3 N–H and O–H groups in total. The number of nitrogens with zero attached hydrogens (tertiary/aromatic N) is 2. The Morgan fingerprint density at radius 2 is 2.00 bits per heavy atom. The van der Waals surface area contributed by atoms with Crippen LogP contribution in [0.5, 0.6) is 0 Å². The zero-order valence-electron chi connectivity index (χ0n) is 7.81. The summed E-state index contributed by atoms with van der Waals surface area (Å²) in [4.78, 5) is 4.25. The lowest BCUT2D eigenvalue weighted by molar-refractivity contribution is -0.367. The van der Waals surface area contributed by atoms with Gasteiger partial charge in [-0.25, -0.2) is 0 Å². The maximum absolute atomic E-state index is 5.06. The van der Waals surface area contributed by atoms with Crippen LogP contribution in [0.3, 0.4) is 0 Å². The van der Waals surface area contributed by atoms with Crippen molar-refractivity contribution in [1.82, 2.24) is 10.1 Å². The lowest BCUT2D eigenvalue weighted by Crippen LogP contribution is -2.51. The van der Waals surface area contributed by atoms with E-state index in [9.17, 15) is 0 Å². The Labute approximate surface area is 81.7 Å². The highest BCUT2D eigenvalue weighted by Crippen LogP contribution is 2.14. The molecule has 0 aliphatic rings. The molecule has 0 fully saturated rings. The van der Waals surface area contributed by atoms with Crippen LogP contribution in [0.2, 0.25) is 0 Å². The van der Waals surface area contributed by atoms with E-state index in [1.807, 2.05) is 30.3 Å². The van der Waals surface area contributed by atoms with Gasteiger partial charge in [-0.3, -0.25) is 0 Å². The second-order valence-electron chi connectivity index (χ2n) is 2.98. The van der Waals surface area contributed by atoms with Crippen molar-refractivity contribution in [2.45, 2.75) is 6.42 Å². The molecule has 2 rings (SSSR count). The van der Waals surface area contributed by atoms with Crippen LogP contribution in [0, 0.1) is 0 Å². The molecule has 0 unspecified atom stereocenters. The quantitative estimate of drug-likeness (QED) is 0.767. The highest BCUT2D eigenvalue weighted by atomic mass is 16.5. The van der Waals surface area contributed by atoms with Crippen LogP contribution in [-0.4, -0.2) is 16.7 Å². The topological polar surface area (TPSA) is 66.6 Å². The number of hydrogen-bond acceptors (Lipinski definition) is 3. The summed E-state index contributed by atoms with van der Waals surface area (Å²) in [6.45, 7) is 0.774. The Kier molecular flexibility index (Phi) is 2.55. The van der Waals surface area contributed by atoms with E-state index in [1.54, 1.807) is 0 Å². The minimum Gasteiger partial charge on any atom is -0.357 e. The Bertz CT molecular complexity index is 397. The van der Waals surface area contributed by atoms with E-state index in [0.29, 0.717) is 11.7 Å². The van der Waals surface area contributed by atoms with Gasteiger partial charge in [0, 0.05) is 5.56 Å². The molecular formula is C10H12N3O+. The third-order valence-corrected chi connectivity index (χ3v) is 1.89. The standard InChI is InChI=1S/C10H11N3O/c11-7-6-9-12-10(13-14-9)8-4-2-1-3-5-8/h1-5H,6-7,11H2/p+1. The molecule has 0 spiro atoms. The number of quaternary nitrogens is 1. The summed E-state index contributed by atoms with van der Waals surface area (Å²) in [6, 6.07) is 9.78. The fraction of sp³-hybridized carbons (Fsp3) is 0.200. The summed E-state index contributed by atoms with van der Waals surface area (Å²) in [6.07, 6.45) is 0.736. The van der Waals surface area contributed by atoms with E-state index in [1.165, 1.54) is 0 Å². The van der Waals surface area contributed by atoms with Crippen molar-refractivity contribution in [3.8, 4) is 11.4 Å². The lowest BCUT2D eigenvalue weighted by atomic mass is 10.2. The number of hydrogen-bond donors (Lipinski definition) is 1. The fourth-order valence-electron chi connectivity index (χ4n) is 1.21. The summed E-state index contributed by atoms with van der Waals surface area (Å²) in [7, 11) is 0. The van der Waals surface area contributed by atoms with Crippen LogP contribution in [0.25, 0.3) is 11.4 Å². The Morgan fingerprint density at radius 1 is 1.21 bits per heavy atom. The third kappa shape index (κ3) is 1.80. The average molecular weight is 190 g/mol. The molecule has 0 bridgehead atoms. The monoisotopic (exact) mass is 190 g/mol. The van der Waals surface area contributed by atoms with Crippen molar-refractivity contribution >= 4 is 0 Å². The van der Waals surface area contributed by atoms with Crippen molar-refractivity contribution < 1.29 is 10.3 Å². The van der Waals surface area contributed by atoms with E-state index in [0.717, 1.165) is 18.5 Å². The predicted octanol–water partition coefficient (Wildman–Crippen LogP) is 0.521. The molecule has 0 aliphatic carbocycles. The van der Waals surface area contributed by atoms with Crippen LogP contribution < -0.4 is 5.73 Å². The summed E-state index contributed by atoms with van der Waals surface area (Å²) >= 11 is 0. The van der Waals surface area contributed by atoms with E-state index >= 15 is 0 Å². The van der Waals surface area contributed by atoms with Gasteiger partial charge >= 0.3 is 0 Å². The first-order valence-corrected chi connectivity index (χ1v) is 4.57. The first-order valence-electron chi connectivity index (χ1n) is 4.57. The van der Waals surface area contributed by atoms with Crippen LogP contribution >= 0.6 is 0 Å². The van der Waals surface area contributed by atoms with E-state index in [4.69, 9.17) is 4.52 Å². The van der Waals surface area contributed by atoms with E-state index in [-0.39, 0.29) is 0 Å². The minimum atomic E-state index is 0.647. The maximum atomic E-state index is 5.06. The molecule has 1 aromatic heterocycles. The normalized spacial score (nSPS) is 10.4. The van der Waals surface area contributed by atoms with E-state index in [2.05, 4.69) is 15.9 Å². The van der Waals surface area contributed by atoms with Gasteiger partial charge in [0.2, 0.25) is 11.7 Å². The van der Waals surface area contributed by atoms with Gasteiger partial charge in [-0.15, -0.1) is 0 Å². The molecule has 0 aliphatic heterocycles. The molecule has 1 aromatic carbocycles. The van der Waals surface area contributed by atoms with Crippen molar-refractivity contribution in [1.29, 1.82) is 0 Å². The molecule has 0 saturated carbocycles. The molecular weight excluding hydrogens is 178 g/mol. The first kappa shape index (κ1) is 8.90. The van der Waals surface area contributed by atoms with Crippen LogP contribution in [0.15, 0.2) is 34.9 Å². The Hall–Kier alpha value is -1.68. The fourth-order valence-corrected chi connectivity index (χ4v) is 1.21. The molecule has 0 radical (unpaired) electrons. The van der Waals surface area contributed by atoms with E-state index < -0.39 is 0 Å². The molecule has 2 aromatic rings. The molecule has 0 atom stereocenters. The molecule has 0 amide bonds. The highest BCUT2D eigenvalue weighted by Gasteiger charge is 2.06. The second-order valence-corrected chi connectivity index (χ2v) is 2.98. The van der Waals surface area contributed by atoms with Gasteiger partial charge in [-0.1, -0.05) is 35.5 Å². The molecule has 4 heteroatoms. The van der Waals surface area contributed by atoms with Crippen molar-refractivity contribution in [3.63, 3.8) is 0 Å². The average Bonchev–Trinajstić information content (AvgIpc) is 2.68. The smallest absolute Gasteiger partial charge is 0.232 e. The first-order chi connectivity index (χ1) is 6.90. The van der Waals surface area contributed by atoms with Gasteiger partial charge in [0.15, 0.2) is 0 Å². The number of aromatic nitrogens is 2. The zero-order valence-corrected chi connectivity index (χ0v) is 7.81. The highest BCUT2D eigenvalue weighted by molar-refractivity contribution is 5.53. The van der Waals surface area contributed by atoms with Gasteiger partial charge in [-0.2, -0.15) is 4.98 Å².